The zero-order valence-electron chi connectivity index (χ0n) is 13.4. The molecule has 23 heavy (non-hydrogen) atoms. The average molecular weight is 308 g/mol. The topological polar surface area (TPSA) is 44.9 Å². The Morgan fingerprint density at radius 2 is 2.04 bits per heavy atom. The number of hydrogen-bond acceptors (Lipinski definition) is 2. The highest BCUT2D eigenvalue weighted by atomic mass is 16.1. The molecule has 0 aliphatic heterocycles. The van der Waals surface area contributed by atoms with Gasteiger partial charge in [-0.05, 0) is 55.3 Å². The van der Waals surface area contributed by atoms with Crippen molar-refractivity contribution < 1.29 is 0 Å². The fourth-order valence-corrected chi connectivity index (χ4v) is 3.30. The van der Waals surface area contributed by atoms with Crippen molar-refractivity contribution in [2.45, 2.75) is 38.0 Å². The van der Waals surface area contributed by atoms with E-state index >= 15 is 0 Å². The van der Waals surface area contributed by atoms with Gasteiger partial charge in [0.05, 0.1) is 0 Å². The number of benzene rings is 1. The number of aromatic nitrogens is 1. The SMILES string of the molecule is O=c1ccc2c([nH]1)CCCC2CC=CNCCc1ccccc1. The summed E-state index contributed by atoms with van der Waals surface area (Å²) < 4.78 is 0. The lowest BCUT2D eigenvalue weighted by Gasteiger charge is -2.23. The summed E-state index contributed by atoms with van der Waals surface area (Å²) in [5, 5.41) is 3.37. The highest BCUT2D eigenvalue weighted by molar-refractivity contribution is 5.27. The molecular formula is C20H24N2O. The van der Waals surface area contributed by atoms with Crippen LogP contribution in [0.5, 0.6) is 0 Å². The minimum Gasteiger partial charge on any atom is -0.391 e. The molecule has 1 atom stereocenters. The van der Waals surface area contributed by atoms with Crippen LogP contribution in [0.1, 0.15) is 42.0 Å². The number of nitrogens with one attached hydrogen (secondary N) is 2. The van der Waals surface area contributed by atoms with Gasteiger partial charge < -0.3 is 10.3 Å². The zero-order chi connectivity index (χ0) is 15.9. The molecule has 0 saturated carbocycles. The average Bonchev–Trinajstić information content (AvgIpc) is 2.58. The second-order valence-electron chi connectivity index (χ2n) is 6.17. The second-order valence-corrected chi connectivity index (χ2v) is 6.17. The van der Waals surface area contributed by atoms with E-state index in [9.17, 15) is 4.79 Å². The van der Waals surface area contributed by atoms with E-state index < -0.39 is 0 Å². The lowest BCUT2D eigenvalue weighted by molar-refractivity contribution is 0.546. The van der Waals surface area contributed by atoms with E-state index in [0.29, 0.717) is 5.92 Å². The molecule has 1 aromatic heterocycles. The van der Waals surface area contributed by atoms with E-state index in [-0.39, 0.29) is 5.56 Å². The molecule has 2 aromatic rings. The van der Waals surface area contributed by atoms with Crippen molar-refractivity contribution in [3.8, 4) is 0 Å². The van der Waals surface area contributed by atoms with Crippen molar-refractivity contribution in [2.75, 3.05) is 6.54 Å². The predicted octanol–water partition coefficient (Wildman–Crippen LogP) is 3.53. The molecule has 3 rings (SSSR count). The summed E-state index contributed by atoms with van der Waals surface area (Å²) in [4.78, 5) is 14.4. The maximum Gasteiger partial charge on any atom is 0.248 e. The van der Waals surface area contributed by atoms with Gasteiger partial charge in [0.15, 0.2) is 0 Å². The van der Waals surface area contributed by atoms with Crippen molar-refractivity contribution in [3.05, 3.63) is 81.9 Å². The van der Waals surface area contributed by atoms with Crippen LogP contribution in [-0.4, -0.2) is 11.5 Å². The van der Waals surface area contributed by atoms with Gasteiger partial charge in [-0.15, -0.1) is 0 Å². The summed E-state index contributed by atoms with van der Waals surface area (Å²) in [7, 11) is 0. The molecule has 3 heteroatoms. The number of pyridine rings is 1. The largest absolute Gasteiger partial charge is 0.391 e. The third kappa shape index (κ3) is 4.35. The number of allylic oxidation sites excluding steroid dienone is 1. The molecule has 1 aliphatic carbocycles. The van der Waals surface area contributed by atoms with E-state index in [4.69, 9.17) is 0 Å². The van der Waals surface area contributed by atoms with Crippen LogP contribution in [0, 0.1) is 0 Å². The minimum absolute atomic E-state index is 0.0162. The van der Waals surface area contributed by atoms with Crippen molar-refractivity contribution in [3.63, 3.8) is 0 Å². The van der Waals surface area contributed by atoms with Gasteiger partial charge in [-0.1, -0.05) is 42.5 Å². The van der Waals surface area contributed by atoms with Gasteiger partial charge in [0, 0.05) is 18.3 Å². The van der Waals surface area contributed by atoms with Crippen LogP contribution in [0.2, 0.25) is 0 Å². The maximum absolute atomic E-state index is 11.4. The number of rotatable bonds is 6. The Kier molecular flexibility index (Phi) is 5.30. The van der Waals surface area contributed by atoms with Gasteiger partial charge in [-0.3, -0.25) is 4.79 Å². The van der Waals surface area contributed by atoms with Crippen LogP contribution in [0.4, 0.5) is 0 Å². The van der Waals surface area contributed by atoms with Gasteiger partial charge in [0.2, 0.25) is 5.56 Å². The van der Waals surface area contributed by atoms with Gasteiger partial charge in [-0.25, -0.2) is 0 Å². The number of H-pyrrole nitrogens is 1. The molecule has 3 nitrogen and oxygen atoms in total. The third-order valence-electron chi connectivity index (χ3n) is 4.51. The fraction of sp³-hybridized carbons (Fsp3) is 0.350. The smallest absolute Gasteiger partial charge is 0.248 e. The van der Waals surface area contributed by atoms with E-state index in [1.807, 2.05) is 12.1 Å². The van der Waals surface area contributed by atoms with Crippen LogP contribution >= 0.6 is 0 Å². The van der Waals surface area contributed by atoms with E-state index in [1.165, 1.54) is 17.5 Å². The van der Waals surface area contributed by atoms with Gasteiger partial charge in [0.1, 0.15) is 0 Å². The number of aryl methyl sites for hydroxylation is 1. The molecule has 2 N–H and O–H groups in total. The summed E-state index contributed by atoms with van der Waals surface area (Å²) in [6, 6.07) is 14.2. The summed E-state index contributed by atoms with van der Waals surface area (Å²) in [6.07, 6.45) is 9.72. The van der Waals surface area contributed by atoms with Crippen LogP contribution in [0.15, 0.2) is 59.5 Å². The highest BCUT2D eigenvalue weighted by Gasteiger charge is 2.19. The molecule has 0 bridgehead atoms. The first kappa shape index (κ1) is 15.6. The third-order valence-corrected chi connectivity index (χ3v) is 4.51. The number of fused-ring (bicyclic) bond motifs is 1. The lowest BCUT2D eigenvalue weighted by atomic mass is 9.83. The highest BCUT2D eigenvalue weighted by Crippen LogP contribution is 2.32. The van der Waals surface area contributed by atoms with Crippen molar-refractivity contribution in [1.29, 1.82) is 0 Å². The monoisotopic (exact) mass is 308 g/mol. The summed E-state index contributed by atoms with van der Waals surface area (Å²) in [5.41, 5.74) is 3.84. The molecule has 120 valence electrons. The van der Waals surface area contributed by atoms with Crippen LogP contribution in [0.25, 0.3) is 0 Å². The first-order valence-electron chi connectivity index (χ1n) is 8.47. The summed E-state index contributed by atoms with van der Waals surface area (Å²) in [6.45, 7) is 0.953. The molecular weight excluding hydrogens is 284 g/mol. The molecule has 0 spiro atoms. The molecule has 0 radical (unpaired) electrons. The Morgan fingerprint density at radius 3 is 2.91 bits per heavy atom. The minimum atomic E-state index is 0.0162. The first-order valence-corrected chi connectivity index (χ1v) is 8.47. The van der Waals surface area contributed by atoms with Crippen molar-refractivity contribution >= 4 is 0 Å². The van der Waals surface area contributed by atoms with Gasteiger partial charge in [0.25, 0.3) is 0 Å². The molecule has 1 aromatic carbocycles. The molecule has 1 heterocycles. The molecule has 0 saturated heterocycles. The normalized spacial score (nSPS) is 17.1. The quantitative estimate of drug-likeness (QED) is 0.802. The Labute approximate surface area is 137 Å². The molecule has 0 fully saturated rings. The maximum atomic E-state index is 11.4. The Bertz CT molecular complexity index is 703. The number of aromatic amines is 1. The zero-order valence-corrected chi connectivity index (χ0v) is 13.4. The van der Waals surface area contributed by atoms with E-state index in [0.717, 1.165) is 37.9 Å². The summed E-state index contributed by atoms with van der Waals surface area (Å²) >= 11 is 0. The van der Waals surface area contributed by atoms with Gasteiger partial charge in [-0.2, -0.15) is 0 Å². The van der Waals surface area contributed by atoms with Crippen molar-refractivity contribution in [1.82, 2.24) is 10.3 Å². The standard InChI is InChI=1S/C20H24N2O/c23-20-12-11-18-17(8-4-10-19(18)22-20)9-5-14-21-15-13-16-6-2-1-3-7-16/h1-3,5-7,11-12,14,17,21H,4,8-10,13,15H2,(H,22,23). The van der Waals surface area contributed by atoms with Crippen LogP contribution in [-0.2, 0) is 12.8 Å². The lowest BCUT2D eigenvalue weighted by Crippen LogP contribution is -2.17. The summed E-state index contributed by atoms with van der Waals surface area (Å²) in [5.74, 6) is 0.530. The molecule has 0 amide bonds. The van der Waals surface area contributed by atoms with Crippen molar-refractivity contribution in [2.24, 2.45) is 0 Å². The Balaban J connectivity index is 1.47. The first-order chi connectivity index (χ1) is 11.3. The Morgan fingerprint density at radius 1 is 1.17 bits per heavy atom. The predicted molar refractivity (Wildman–Crippen MR) is 94.6 cm³/mol. The van der Waals surface area contributed by atoms with E-state index in [1.54, 1.807) is 6.07 Å². The Hall–Kier alpha value is -2.29. The number of hydrogen-bond donors (Lipinski definition) is 2. The van der Waals surface area contributed by atoms with Crippen LogP contribution < -0.4 is 10.9 Å². The van der Waals surface area contributed by atoms with Crippen LogP contribution in [0.3, 0.4) is 0 Å². The molecule has 1 unspecified atom stereocenters. The molecule has 1 aliphatic rings. The van der Waals surface area contributed by atoms with Gasteiger partial charge >= 0.3 is 0 Å². The van der Waals surface area contributed by atoms with E-state index in [2.05, 4.69) is 46.8 Å². The fourth-order valence-electron chi connectivity index (χ4n) is 3.30. The second kappa shape index (κ2) is 7.82.